The van der Waals surface area contributed by atoms with Gasteiger partial charge in [-0.1, -0.05) is 40.5 Å². The van der Waals surface area contributed by atoms with E-state index in [0.717, 1.165) is 6.42 Å². The van der Waals surface area contributed by atoms with Crippen molar-refractivity contribution in [3.8, 4) is 0 Å². The molecule has 0 aromatic rings. The van der Waals surface area contributed by atoms with Gasteiger partial charge in [0.1, 0.15) is 6.04 Å². The van der Waals surface area contributed by atoms with Gasteiger partial charge in [0, 0.05) is 44.0 Å². The molecule has 0 spiro atoms. The number of carboxylic acids is 1. The van der Waals surface area contributed by atoms with Crippen molar-refractivity contribution in [3.63, 3.8) is 0 Å². The fourth-order valence-corrected chi connectivity index (χ4v) is 3.03. The molecule has 28 heavy (non-hydrogen) atoms. The van der Waals surface area contributed by atoms with Gasteiger partial charge in [0.25, 0.3) is 0 Å². The Morgan fingerprint density at radius 3 is 2.14 bits per heavy atom. The fourth-order valence-electron chi connectivity index (χ4n) is 2.90. The predicted octanol–water partition coefficient (Wildman–Crippen LogP) is 0.285. The quantitative estimate of drug-likeness (QED) is 0.209. The number of nitrogens with zero attached hydrogens (tertiary/aromatic N) is 1. The summed E-state index contributed by atoms with van der Waals surface area (Å²) in [7, 11) is 0. The number of nitrogens with two attached hydrogens (primary N) is 2. The van der Waals surface area contributed by atoms with Crippen LogP contribution in [0.3, 0.4) is 0 Å². The van der Waals surface area contributed by atoms with E-state index in [0.29, 0.717) is 18.7 Å². The molecule has 0 fully saturated rings. The monoisotopic (exact) mass is 420 g/mol. The summed E-state index contributed by atoms with van der Waals surface area (Å²) < 4.78 is 0. The van der Waals surface area contributed by atoms with E-state index in [1.165, 1.54) is 4.90 Å². The van der Waals surface area contributed by atoms with E-state index in [1.807, 2.05) is 27.7 Å². The molecule has 0 saturated carbocycles. The van der Waals surface area contributed by atoms with Crippen LogP contribution in [0, 0.1) is 11.8 Å². The lowest BCUT2D eigenvalue weighted by Crippen LogP contribution is -2.58. The second-order valence-corrected chi connectivity index (χ2v) is 7.98. The third kappa shape index (κ3) is 8.65. The molecule has 166 valence electrons. The summed E-state index contributed by atoms with van der Waals surface area (Å²) in [6, 6.07) is -2.21. The van der Waals surface area contributed by atoms with Crippen molar-refractivity contribution in [2.24, 2.45) is 23.3 Å². The number of rotatable bonds is 15. The summed E-state index contributed by atoms with van der Waals surface area (Å²) in [5.41, 5.74) is 12.1. The van der Waals surface area contributed by atoms with E-state index in [4.69, 9.17) is 11.5 Å². The zero-order chi connectivity index (χ0) is 21.9. The third-order valence-electron chi connectivity index (χ3n) is 5.49. The average Bonchev–Trinajstić information content (AvgIpc) is 2.69. The number of aliphatic hydroxyl groups excluding tert-OH is 1. The minimum Gasteiger partial charge on any atom is -0.480 e. The highest BCUT2D eigenvalue weighted by Crippen LogP contribution is 2.17. The SMILES string of the molecule is CC[C@H](C)[C@H](N)C(=O)N(C[C@@H](NC[C@@H](N)CS)[C@@H](C)CC)[C@@H](CCO)C(=O)O. The molecule has 8 nitrogen and oxygen atoms in total. The summed E-state index contributed by atoms with van der Waals surface area (Å²) in [5, 5.41) is 22.4. The minimum absolute atomic E-state index is 0.0440. The number of thiol groups is 1. The van der Waals surface area contributed by atoms with Crippen molar-refractivity contribution in [1.29, 1.82) is 0 Å². The highest BCUT2D eigenvalue weighted by Gasteiger charge is 2.35. The number of aliphatic carboxylic acids is 1. The molecule has 0 unspecified atom stereocenters. The van der Waals surface area contributed by atoms with Gasteiger partial charge in [0.2, 0.25) is 5.91 Å². The normalized spacial score (nSPS) is 18.0. The van der Waals surface area contributed by atoms with E-state index in [9.17, 15) is 19.8 Å². The Kier molecular flexibility index (Phi) is 13.7. The number of aliphatic hydroxyl groups is 1. The molecule has 6 atom stereocenters. The van der Waals surface area contributed by atoms with Crippen LogP contribution in [0.5, 0.6) is 0 Å². The van der Waals surface area contributed by atoms with Crippen LogP contribution in [0.1, 0.15) is 47.0 Å². The highest BCUT2D eigenvalue weighted by atomic mass is 32.1. The molecular weight excluding hydrogens is 380 g/mol. The Morgan fingerprint density at radius 2 is 1.71 bits per heavy atom. The van der Waals surface area contributed by atoms with Gasteiger partial charge < -0.3 is 31.9 Å². The van der Waals surface area contributed by atoms with Gasteiger partial charge in [-0.15, -0.1) is 0 Å². The summed E-state index contributed by atoms with van der Waals surface area (Å²) in [4.78, 5) is 26.3. The maximum atomic E-state index is 13.1. The Labute approximate surface area is 174 Å². The summed E-state index contributed by atoms with van der Waals surface area (Å²) in [5.74, 6) is -0.918. The molecule has 9 heteroatoms. The van der Waals surface area contributed by atoms with E-state index < -0.39 is 24.0 Å². The smallest absolute Gasteiger partial charge is 0.326 e. The first-order chi connectivity index (χ1) is 13.1. The number of carbonyl (C=O) groups excluding carboxylic acids is 1. The lowest BCUT2D eigenvalue weighted by molar-refractivity contribution is -0.152. The fraction of sp³-hybridized carbons (Fsp3) is 0.895. The van der Waals surface area contributed by atoms with Crippen LogP contribution in [0.25, 0.3) is 0 Å². The highest BCUT2D eigenvalue weighted by molar-refractivity contribution is 7.80. The molecule has 0 bridgehead atoms. The molecule has 0 radical (unpaired) electrons. The Morgan fingerprint density at radius 1 is 1.14 bits per heavy atom. The summed E-state index contributed by atoms with van der Waals surface area (Å²) in [6.07, 6.45) is 1.52. The second-order valence-electron chi connectivity index (χ2n) is 7.61. The number of hydrogen-bond acceptors (Lipinski definition) is 7. The third-order valence-corrected chi connectivity index (χ3v) is 5.96. The van der Waals surface area contributed by atoms with Crippen molar-refractivity contribution < 1.29 is 19.8 Å². The van der Waals surface area contributed by atoms with Crippen molar-refractivity contribution in [1.82, 2.24) is 10.2 Å². The van der Waals surface area contributed by atoms with Gasteiger partial charge in [0.05, 0.1) is 6.04 Å². The maximum Gasteiger partial charge on any atom is 0.326 e. The number of hydrogen-bond donors (Lipinski definition) is 6. The van der Waals surface area contributed by atoms with E-state index in [-0.39, 0.29) is 43.5 Å². The van der Waals surface area contributed by atoms with Gasteiger partial charge in [-0.3, -0.25) is 4.79 Å². The first kappa shape index (κ1) is 27.1. The molecule has 0 saturated heterocycles. The minimum atomic E-state index is -1.14. The molecule has 0 aliphatic heterocycles. The van der Waals surface area contributed by atoms with E-state index in [2.05, 4.69) is 17.9 Å². The first-order valence-corrected chi connectivity index (χ1v) is 10.8. The molecule has 0 rings (SSSR count). The lowest BCUT2D eigenvalue weighted by atomic mass is 9.94. The van der Waals surface area contributed by atoms with Crippen LogP contribution in [-0.4, -0.2) is 76.6 Å². The standard InChI is InChI=1S/C19H40N4O4S/c1-5-12(3)15(22-9-14(20)11-28)10-23(16(7-8-24)19(26)27)18(25)17(21)13(4)6-2/h12-17,22,24,28H,5-11,20-21H2,1-4H3,(H,26,27)/t12-,13-,14+,15+,16-,17-/m0/s1. The van der Waals surface area contributed by atoms with Crippen LogP contribution in [0.2, 0.25) is 0 Å². The van der Waals surface area contributed by atoms with Crippen molar-refractivity contribution >= 4 is 24.5 Å². The summed E-state index contributed by atoms with van der Waals surface area (Å²) in [6.45, 7) is 8.26. The molecule has 0 aliphatic carbocycles. The molecular formula is C19H40N4O4S. The van der Waals surface area contributed by atoms with Crippen LogP contribution in [0.15, 0.2) is 0 Å². The molecule has 0 aromatic carbocycles. The van der Waals surface area contributed by atoms with Gasteiger partial charge in [-0.2, -0.15) is 12.6 Å². The van der Waals surface area contributed by atoms with E-state index in [1.54, 1.807) is 0 Å². The lowest BCUT2D eigenvalue weighted by Gasteiger charge is -2.37. The predicted molar refractivity (Wildman–Crippen MR) is 115 cm³/mol. The molecule has 0 heterocycles. The first-order valence-electron chi connectivity index (χ1n) is 10.1. The zero-order valence-corrected chi connectivity index (χ0v) is 18.6. The number of carbonyl (C=O) groups is 2. The Balaban J connectivity index is 5.70. The van der Waals surface area contributed by atoms with Crippen LogP contribution >= 0.6 is 12.6 Å². The number of carboxylic acid groups (broad SMARTS) is 1. The maximum absolute atomic E-state index is 13.1. The van der Waals surface area contributed by atoms with Crippen LogP contribution in [-0.2, 0) is 9.59 Å². The van der Waals surface area contributed by atoms with Gasteiger partial charge in [-0.25, -0.2) is 4.79 Å². The van der Waals surface area contributed by atoms with Crippen LogP contribution < -0.4 is 16.8 Å². The molecule has 0 aliphatic rings. The molecule has 7 N–H and O–H groups in total. The van der Waals surface area contributed by atoms with Gasteiger partial charge in [-0.05, 0) is 11.8 Å². The topological polar surface area (TPSA) is 142 Å². The van der Waals surface area contributed by atoms with Gasteiger partial charge >= 0.3 is 5.97 Å². The summed E-state index contributed by atoms with van der Waals surface area (Å²) >= 11 is 4.19. The van der Waals surface area contributed by atoms with E-state index >= 15 is 0 Å². The molecule has 0 aromatic heterocycles. The second kappa shape index (κ2) is 14.2. The largest absolute Gasteiger partial charge is 0.480 e. The Hall–Kier alpha value is -0.870. The number of amides is 1. The Bertz CT molecular complexity index is 469. The zero-order valence-electron chi connectivity index (χ0n) is 17.7. The van der Waals surface area contributed by atoms with Gasteiger partial charge in [0.15, 0.2) is 0 Å². The van der Waals surface area contributed by atoms with Crippen LogP contribution in [0.4, 0.5) is 0 Å². The van der Waals surface area contributed by atoms with Crippen molar-refractivity contribution in [2.45, 2.75) is 71.1 Å². The molecule has 1 amide bonds. The number of nitrogens with one attached hydrogen (secondary N) is 1. The van der Waals surface area contributed by atoms with Crippen molar-refractivity contribution in [2.75, 3.05) is 25.4 Å². The van der Waals surface area contributed by atoms with Crippen molar-refractivity contribution in [3.05, 3.63) is 0 Å². The average molecular weight is 421 g/mol.